The Balaban J connectivity index is 1.48. The summed E-state index contributed by atoms with van der Waals surface area (Å²) >= 11 is 0. The van der Waals surface area contributed by atoms with E-state index in [0.717, 1.165) is 38.6 Å². The summed E-state index contributed by atoms with van der Waals surface area (Å²) in [5.74, 6) is 1.10. The standard InChI is InChI=1S/C16H29N3O2/c1-13(14-2-3-14)19(15-4-5-15)16(21)12-18-8-6-17(7-9-18)10-11-20/h13-15,20H,2-12H2,1H3/t13-/m0/s1. The lowest BCUT2D eigenvalue weighted by Crippen LogP contribution is -2.52. The average molecular weight is 295 g/mol. The first-order valence-electron chi connectivity index (χ1n) is 8.55. The monoisotopic (exact) mass is 295 g/mol. The fraction of sp³-hybridized carbons (Fsp3) is 0.938. The predicted octanol–water partition coefficient (Wildman–Crippen LogP) is 0.386. The van der Waals surface area contributed by atoms with Crippen LogP contribution in [0, 0.1) is 5.92 Å². The Morgan fingerprint density at radius 1 is 1.14 bits per heavy atom. The first-order valence-corrected chi connectivity index (χ1v) is 8.55. The van der Waals surface area contributed by atoms with E-state index in [1.54, 1.807) is 0 Å². The molecule has 0 aromatic heterocycles. The third-order valence-electron chi connectivity index (χ3n) is 5.21. The van der Waals surface area contributed by atoms with E-state index in [9.17, 15) is 4.79 Å². The number of carbonyl (C=O) groups excluding carboxylic acids is 1. The van der Waals surface area contributed by atoms with E-state index >= 15 is 0 Å². The minimum atomic E-state index is 0.229. The molecule has 1 atom stereocenters. The molecule has 0 radical (unpaired) electrons. The van der Waals surface area contributed by atoms with Crippen LogP contribution in [0.4, 0.5) is 0 Å². The maximum absolute atomic E-state index is 12.7. The normalized spacial score (nSPS) is 25.8. The van der Waals surface area contributed by atoms with E-state index < -0.39 is 0 Å². The second-order valence-electron chi connectivity index (χ2n) is 6.95. The van der Waals surface area contributed by atoms with Crippen LogP contribution in [0.15, 0.2) is 0 Å². The Kier molecular flexibility index (Phi) is 4.82. The highest BCUT2D eigenvalue weighted by atomic mass is 16.3. The van der Waals surface area contributed by atoms with Crippen molar-refractivity contribution in [3.8, 4) is 0 Å². The van der Waals surface area contributed by atoms with Gasteiger partial charge in [-0.1, -0.05) is 0 Å². The Bertz CT molecular complexity index is 361. The van der Waals surface area contributed by atoms with Gasteiger partial charge in [0.15, 0.2) is 0 Å². The molecular weight excluding hydrogens is 266 g/mol. The van der Waals surface area contributed by atoms with Crippen LogP contribution >= 0.6 is 0 Å². The molecule has 1 saturated heterocycles. The van der Waals surface area contributed by atoms with Crippen molar-refractivity contribution in [2.75, 3.05) is 45.9 Å². The summed E-state index contributed by atoms with van der Waals surface area (Å²) in [5, 5.41) is 8.97. The van der Waals surface area contributed by atoms with Gasteiger partial charge in [0, 0.05) is 44.8 Å². The summed E-state index contributed by atoms with van der Waals surface area (Å²) in [4.78, 5) is 19.5. The van der Waals surface area contributed by atoms with Gasteiger partial charge in [-0.05, 0) is 38.5 Å². The fourth-order valence-electron chi connectivity index (χ4n) is 3.51. The average Bonchev–Trinajstić information content (AvgIpc) is 3.34. The van der Waals surface area contributed by atoms with E-state index in [0.29, 0.717) is 24.5 Å². The van der Waals surface area contributed by atoms with E-state index in [1.807, 2.05) is 0 Å². The minimum Gasteiger partial charge on any atom is -0.395 e. The molecular formula is C16H29N3O2. The summed E-state index contributed by atoms with van der Waals surface area (Å²) in [6.45, 7) is 7.64. The zero-order chi connectivity index (χ0) is 14.8. The number of amides is 1. The first kappa shape index (κ1) is 15.3. The predicted molar refractivity (Wildman–Crippen MR) is 82.0 cm³/mol. The number of hydrogen-bond donors (Lipinski definition) is 1. The van der Waals surface area contributed by atoms with Gasteiger partial charge in [0.2, 0.25) is 5.91 Å². The quantitative estimate of drug-likeness (QED) is 0.738. The number of aliphatic hydroxyl groups excluding tert-OH is 1. The number of β-amino-alcohol motifs (C(OH)–C–C–N with tert-alkyl or cyclic N) is 1. The van der Waals surface area contributed by atoms with Gasteiger partial charge in [0.1, 0.15) is 0 Å². The van der Waals surface area contributed by atoms with E-state index in [2.05, 4.69) is 21.6 Å². The summed E-state index contributed by atoms with van der Waals surface area (Å²) in [6.07, 6.45) is 5.01. The number of piperazine rings is 1. The van der Waals surface area contributed by atoms with Gasteiger partial charge in [-0.2, -0.15) is 0 Å². The van der Waals surface area contributed by atoms with Crippen molar-refractivity contribution in [1.82, 2.24) is 14.7 Å². The Hall–Kier alpha value is -0.650. The van der Waals surface area contributed by atoms with Crippen molar-refractivity contribution in [1.29, 1.82) is 0 Å². The molecule has 120 valence electrons. The zero-order valence-corrected chi connectivity index (χ0v) is 13.2. The molecule has 0 aromatic carbocycles. The number of aliphatic hydroxyl groups is 1. The molecule has 3 fully saturated rings. The van der Waals surface area contributed by atoms with Crippen LogP contribution in [0.2, 0.25) is 0 Å². The highest BCUT2D eigenvalue weighted by molar-refractivity contribution is 5.79. The molecule has 21 heavy (non-hydrogen) atoms. The van der Waals surface area contributed by atoms with Crippen molar-refractivity contribution in [2.45, 2.75) is 44.7 Å². The Morgan fingerprint density at radius 2 is 1.76 bits per heavy atom. The topological polar surface area (TPSA) is 47.0 Å². The Morgan fingerprint density at radius 3 is 2.29 bits per heavy atom. The summed E-state index contributed by atoms with van der Waals surface area (Å²) in [7, 11) is 0. The van der Waals surface area contributed by atoms with Crippen LogP contribution in [0.3, 0.4) is 0 Å². The molecule has 0 spiro atoms. The van der Waals surface area contributed by atoms with Crippen molar-refractivity contribution in [2.24, 2.45) is 5.92 Å². The van der Waals surface area contributed by atoms with Crippen LogP contribution in [-0.4, -0.2) is 83.7 Å². The molecule has 0 aromatic rings. The number of carbonyl (C=O) groups is 1. The first-order chi connectivity index (χ1) is 10.2. The van der Waals surface area contributed by atoms with Crippen molar-refractivity contribution in [3.05, 3.63) is 0 Å². The molecule has 5 heteroatoms. The molecule has 1 heterocycles. The summed E-state index contributed by atoms with van der Waals surface area (Å²) in [5.41, 5.74) is 0. The van der Waals surface area contributed by atoms with Crippen LogP contribution in [0.5, 0.6) is 0 Å². The van der Waals surface area contributed by atoms with Gasteiger partial charge < -0.3 is 10.0 Å². The largest absolute Gasteiger partial charge is 0.395 e. The lowest BCUT2D eigenvalue weighted by molar-refractivity contribution is -0.136. The smallest absolute Gasteiger partial charge is 0.237 e. The molecule has 1 N–H and O–H groups in total. The highest BCUT2D eigenvalue weighted by Gasteiger charge is 2.41. The zero-order valence-electron chi connectivity index (χ0n) is 13.2. The van der Waals surface area contributed by atoms with Crippen molar-refractivity contribution < 1.29 is 9.90 Å². The number of nitrogens with zero attached hydrogens (tertiary/aromatic N) is 3. The Labute approximate surface area is 127 Å². The molecule has 3 rings (SSSR count). The van der Waals surface area contributed by atoms with Crippen molar-refractivity contribution in [3.63, 3.8) is 0 Å². The second-order valence-corrected chi connectivity index (χ2v) is 6.95. The second kappa shape index (κ2) is 6.63. The van der Waals surface area contributed by atoms with E-state index in [-0.39, 0.29) is 6.61 Å². The van der Waals surface area contributed by atoms with Crippen LogP contribution in [-0.2, 0) is 4.79 Å². The van der Waals surface area contributed by atoms with E-state index in [1.165, 1.54) is 25.7 Å². The van der Waals surface area contributed by atoms with E-state index in [4.69, 9.17) is 5.11 Å². The molecule has 2 aliphatic carbocycles. The van der Waals surface area contributed by atoms with Gasteiger partial charge in [0.25, 0.3) is 0 Å². The number of rotatable bonds is 7. The van der Waals surface area contributed by atoms with Gasteiger partial charge in [-0.15, -0.1) is 0 Å². The third kappa shape index (κ3) is 3.96. The van der Waals surface area contributed by atoms with Crippen LogP contribution in [0.1, 0.15) is 32.6 Å². The van der Waals surface area contributed by atoms with Crippen LogP contribution in [0.25, 0.3) is 0 Å². The maximum Gasteiger partial charge on any atom is 0.237 e. The maximum atomic E-state index is 12.7. The van der Waals surface area contributed by atoms with Gasteiger partial charge in [-0.3, -0.25) is 14.6 Å². The highest BCUT2D eigenvalue weighted by Crippen LogP contribution is 2.39. The summed E-state index contributed by atoms with van der Waals surface area (Å²) < 4.78 is 0. The third-order valence-corrected chi connectivity index (χ3v) is 5.21. The van der Waals surface area contributed by atoms with Gasteiger partial charge in [0.05, 0.1) is 13.2 Å². The molecule has 3 aliphatic rings. The van der Waals surface area contributed by atoms with Crippen LogP contribution < -0.4 is 0 Å². The minimum absolute atomic E-state index is 0.229. The molecule has 1 aliphatic heterocycles. The van der Waals surface area contributed by atoms with Gasteiger partial charge >= 0.3 is 0 Å². The van der Waals surface area contributed by atoms with Crippen molar-refractivity contribution >= 4 is 5.91 Å². The fourth-order valence-corrected chi connectivity index (χ4v) is 3.51. The SMILES string of the molecule is C[C@@H](C1CC1)N(C(=O)CN1CCN(CCO)CC1)C1CC1. The molecule has 0 bridgehead atoms. The lowest BCUT2D eigenvalue weighted by Gasteiger charge is -2.36. The summed E-state index contributed by atoms with van der Waals surface area (Å²) in [6, 6.07) is 0.976. The van der Waals surface area contributed by atoms with Gasteiger partial charge in [-0.25, -0.2) is 0 Å². The molecule has 5 nitrogen and oxygen atoms in total. The lowest BCUT2D eigenvalue weighted by atomic mass is 10.1. The number of hydrogen-bond acceptors (Lipinski definition) is 4. The molecule has 1 amide bonds. The molecule has 2 saturated carbocycles. The molecule has 0 unspecified atom stereocenters.